The summed E-state index contributed by atoms with van der Waals surface area (Å²) < 4.78 is 2.88. The Kier molecular flexibility index (Phi) is 6.12. The number of aliphatic carboxylic acids is 1. The lowest BCUT2D eigenvalue weighted by Gasteiger charge is -2.14. The number of aryl methyl sites for hydroxylation is 1. The second kappa shape index (κ2) is 7.69. The molecule has 1 aromatic heterocycles. The molecule has 124 valence electrons. The van der Waals surface area contributed by atoms with Crippen molar-refractivity contribution in [3.8, 4) is 0 Å². The Morgan fingerprint density at radius 3 is 2.70 bits per heavy atom. The van der Waals surface area contributed by atoms with Crippen molar-refractivity contribution < 1.29 is 9.90 Å². The minimum absolute atomic E-state index is 0.329. The van der Waals surface area contributed by atoms with Crippen molar-refractivity contribution in [2.75, 3.05) is 0 Å². The van der Waals surface area contributed by atoms with Crippen molar-refractivity contribution in [1.82, 2.24) is 9.55 Å². The van der Waals surface area contributed by atoms with Gasteiger partial charge < -0.3 is 9.67 Å². The number of halogens is 3. The molecular weight excluding hydrogens is 403 g/mol. The van der Waals surface area contributed by atoms with Crippen molar-refractivity contribution in [2.45, 2.75) is 33.2 Å². The van der Waals surface area contributed by atoms with Crippen LogP contribution in [0.2, 0.25) is 10.2 Å². The van der Waals surface area contributed by atoms with Gasteiger partial charge in [-0.3, -0.25) is 4.79 Å². The predicted octanol–water partition coefficient (Wildman–Crippen LogP) is 4.83. The van der Waals surface area contributed by atoms with Gasteiger partial charge in [-0.15, -0.1) is 0 Å². The number of aromatic nitrogens is 2. The summed E-state index contributed by atoms with van der Waals surface area (Å²) in [7, 11) is 0. The summed E-state index contributed by atoms with van der Waals surface area (Å²) in [6.45, 7) is 4.16. The minimum Gasteiger partial charge on any atom is -0.481 e. The molecule has 0 spiro atoms. The molecule has 0 saturated heterocycles. The second-order valence-corrected chi connectivity index (χ2v) is 7.07. The maximum atomic E-state index is 11.2. The molecule has 1 aromatic carbocycles. The molecule has 0 saturated carbocycles. The van der Waals surface area contributed by atoms with E-state index in [1.807, 2.05) is 29.7 Å². The van der Waals surface area contributed by atoms with E-state index in [9.17, 15) is 4.79 Å². The van der Waals surface area contributed by atoms with Crippen LogP contribution in [0.25, 0.3) is 0 Å². The molecule has 0 aliphatic heterocycles. The molecule has 1 heterocycles. The zero-order chi connectivity index (χ0) is 17.1. The van der Waals surface area contributed by atoms with Crippen LogP contribution in [-0.4, -0.2) is 20.6 Å². The summed E-state index contributed by atoms with van der Waals surface area (Å²) in [5.74, 6) is -0.567. The van der Waals surface area contributed by atoms with Crippen LogP contribution >= 0.6 is 39.1 Å². The quantitative estimate of drug-likeness (QED) is 0.729. The van der Waals surface area contributed by atoms with E-state index in [2.05, 4.69) is 20.9 Å². The normalized spacial score (nSPS) is 12.4. The fourth-order valence-electron chi connectivity index (χ4n) is 2.35. The lowest BCUT2D eigenvalue weighted by Crippen LogP contribution is -2.16. The SMILES string of the molecule is CCc1nc(Cl)c(CC(C)C(=O)O)n1Cc1ccc(Br)cc1Cl. The van der Waals surface area contributed by atoms with Gasteiger partial charge in [0.15, 0.2) is 5.15 Å². The van der Waals surface area contributed by atoms with E-state index >= 15 is 0 Å². The van der Waals surface area contributed by atoms with Crippen LogP contribution in [0.1, 0.15) is 30.9 Å². The molecule has 4 nitrogen and oxygen atoms in total. The second-order valence-electron chi connectivity index (χ2n) is 5.38. The third-order valence-corrected chi connectivity index (χ3v) is 4.83. The number of hydrogen-bond acceptors (Lipinski definition) is 2. The monoisotopic (exact) mass is 418 g/mol. The van der Waals surface area contributed by atoms with Crippen molar-refractivity contribution in [3.63, 3.8) is 0 Å². The molecular formula is C16H17BrCl2N2O2. The van der Waals surface area contributed by atoms with Gasteiger partial charge in [-0.05, 0) is 17.7 Å². The molecule has 1 unspecified atom stereocenters. The average molecular weight is 420 g/mol. The van der Waals surface area contributed by atoms with Gasteiger partial charge in [0.1, 0.15) is 5.82 Å². The van der Waals surface area contributed by atoms with Gasteiger partial charge in [0, 0.05) is 22.3 Å². The highest BCUT2D eigenvalue weighted by molar-refractivity contribution is 9.10. The van der Waals surface area contributed by atoms with Gasteiger partial charge in [-0.1, -0.05) is 59.0 Å². The van der Waals surface area contributed by atoms with Crippen LogP contribution in [0.4, 0.5) is 0 Å². The van der Waals surface area contributed by atoms with E-state index < -0.39 is 11.9 Å². The highest BCUT2D eigenvalue weighted by Gasteiger charge is 2.21. The number of nitrogens with zero attached hydrogens (tertiary/aromatic N) is 2. The lowest BCUT2D eigenvalue weighted by atomic mass is 10.1. The Balaban J connectivity index is 2.41. The molecule has 7 heteroatoms. The first kappa shape index (κ1) is 18.3. The highest BCUT2D eigenvalue weighted by atomic mass is 79.9. The zero-order valence-electron chi connectivity index (χ0n) is 12.8. The van der Waals surface area contributed by atoms with Crippen molar-refractivity contribution in [1.29, 1.82) is 0 Å². The van der Waals surface area contributed by atoms with Gasteiger partial charge in [0.05, 0.1) is 18.2 Å². The Morgan fingerprint density at radius 1 is 1.43 bits per heavy atom. The first-order chi connectivity index (χ1) is 10.8. The van der Waals surface area contributed by atoms with Crippen molar-refractivity contribution in [3.05, 3.63) is 49.9 Å². The third kappa shape index (κ3) is 4.28. The Labute approximate surface area is 153 Å². The Morgan fingerprint density at radius 2 is 2.13 bits per heavy atom. The van der Waals surface area contributed by atoms with Gasteiger partial charge in [0.25, 0.3) is 0 Å². The summed E-state index contributed by atoms with van der Waals surface area (Å²) in [6, 6.07) is 5.69. The molecule has 0 aliphatic carbocycles. The molecule has 1 N–H and O–H groups in total. The van der Waals surface area contributed by atoms with Crippen LogP contribution in [0.3, 0.4) is 0 Å². The standard InChI is InChI=1S/C16H17BrCl2N2O2/c1-3-14-20-15(19)13(6-9(2)16(22)23)21(14)8-10-4-5-11(17)7-12(10)18/h4-5,7,9H,3,6,8H2,1-2H3,(H,22,23). The number of carboxylic acid groups (broad SMARTS) is 1. The van der Waals surface area contributed by atoms with E-state index in [1.54, 1.807) is 6.92 Å². The third-order valence-electron chi connectivity index (χ3n) is 3.68. The van der Waals surface area contributed by atoms with E-state index in [4.69, 9.17) is 28.3 Å². The summed E-state index contributed by atoms with van der Waals surface area (Å²) in [5.41, 5.74) is 1.67. The number of benzene rings is 1. The summed E-state index contributed by atoms with van der Waals surface area (Å²) in [4.78, 5) is 15.5. The molecule has 0 fully saturated rings. The summed E-state index contributed by atoms with van der Waals surface area (Å²) >= 11 is 15.9. The first-order valence-corrected chi connectivity index (χ1v) is 8.78. The van der Waals surface area contributed by atoms with E-state index in [1.165, 1.54) is 0 Å². The predicted molar refractivity (Wildman–Crippen MR) is 95.4 cm³/mol. The summed E-state index contributed by atoms with van der Waals surface area (Å²) in [6.07, 6.45) is 1.03. The molecule has 23 heavy (non-hydrogen) atoms. The number of carbonyl (C=O) groups is 1. The van der Waals surface area contributed by atoms with Gasteiger partial charge in [-0.25, -0.2) is 4.98 Å². The van der Waals surface area contributed by atoms with Gasteiger partial charge in [-0.2, -0.15) is 0 Å². The topological polar surface area (TPSA) is 55.1 Å². The lowest BCUT2D eigenvalue weighted by molar-refractivity contribution is -0.141. The maximum absolute atomic E-state index is 11.2. The van der Waals surface area contributed by atoms with Crippen molar-refractivity contribution >= 4 is 45.1 Å². The smallest absolute Gasteiger partial charge is 0.306 e. The van der Waals surface area contributed by atoms with Crippen LogP contribution in [0, 0.1) is 5.92 Å². The van der Waals surface area contributed by atoms with Crippen LogP contribution < -0.4 is 0 Å². The average Bonchev–Trinajstić information content (AvgIpc) is 2.78. The highest BCUT2D eigenvalue weighted by Crippen LogP contribution is 2.26. The number of imidazole rings is 1. The summed E-state index contributed by atoms with van der Waals surface area (Å²) in [5, 5.41) is 10.2. The number of rotatable bonds is 6. The van der Waals surface area contributed by atoms with Gasteiger partial charge >= 0.3 is 5.97 Å². The Hall–Kier alpha value is -1.04. The molecule has 2 rings (SSSR count). The van der Waals surface area contributed by atoms with E-state index in [0.29, 0.717) is 29.6 Å². The molecule has 0 amide bonds. The fraction of sp³-hybridized carbons (Fsp3) is 0.375. The largest absolute Gasteiger partial charge is 0.481 e. The van der Waals surface area contributed by atoms with E-state index in [-0.39, 0.29) is 0 Å². The molecule has 2 aromatic rings. The maximum Gasteiger partial charge on any atom is 0.306 e. The van der Waals surface area contributed by atoms with Crippen LogP contribution in [0.15, 0.2) is 22.7 Å². The number of hydrogen-bond donors (Lipinski definition) is 1. The first-order valence-electron chi connectivity index (χ1n) is 7.24. The molecule has 0 bridgehead atoms. The van der Waals surface area contributed by atoms with Crippen molar-refractivity contribution in [2.24, 2.45) is 5.92 Å². The molecule has 0 aliphatic rings. The van der Waals surface area contributed by atoms with Gasteiger partial charge in [0.2, 0.25) is 0 Å². The number of carboxylic acids is 1. The minimum atomic E-state index is -0.853. The fourth-order valence-corrected chi connectivity index (χ4v) is 3.36. The van der Waals surface area contributed by atoms with Crippen LogP contribution in [-0.2, 0) is 24.2 Å². The van der Waals surface area contributed by atoms with Crippen LogP contribution in [0.5, 0.6) is 0 Å². The molecule has 1 atom stereocenters. The zero-order valence-corrected chi connectivity index (χ0v) is 15.9. The Bertz CT molecular complexity index is 731. The molecule has 0 radical (unpaired) electrons. The van der Waals surface area contributed by atoms with E-state index in [0.717, 1.165) is 21.6 Å².